The second-order valence-corrected chi connectivity index (χ2v) is 6.73. The van der Waals surface area contributed by atoms with Gasteiger partial charge in [0.15, 0.2) is 5.78 Å². The summed E-state index contributed by atoms with van der Waals surface area (Å²) in [6, 6.07) is 11.2. The predicted molar refractivity (Wildman–Crippen MR) is 106 cm³/mol. The molecular weight excluding hydrogens is 375 g/mol. The van der Waals surface area contributed by atoms with Gasteiger partial charge in [0.1, 0.15) is 23.2 Å². The fourth-order valence-corrected chi connectivity index (χ4v) is 3.66. The number of hydrogen-bond donors (Lipinski definition) is 0. The fourth-order valence-electron chi connectivity index (χ4n) is 3.66. The maximum Gasteiger partial charge on any atom is 0.317 e. The SMILES string of the molecule is CCOC(=O)[C@@H]1C(=O)C=C(c2ccc(OC)cc2OC)C[C@@H]1c1ccc(F)cc1. The molecule has 0 aliphatic heterocycles. The number of carbonyl (C=O) groups excluding carboxylic acids is 2. The van der Waals surface area contributed by atoms with Crippen LogP contribution in [-0.2, 0) is 14.3 Å². The Morgan fingerprint density at radius 3 is 2.45 bits per heavy atom. The standard InChI is InChI=1S/C23H23FO5/c1-4-29-23(26)22-19(14-5-7-16(24)8-6-14)11-15(12-20(22)25)18-10-9-17(27-2)13-21(18)28-3/h5-10,12-13,19,22H,4,11H2,1-3H3/t19-,22+/m1/s1. The van der Waals surface area contributed by atoms with E-state index < -0.39 is 17.8 Å². The van der Waals surface area contributed by atoms with E-state index in [-0.39, 0.29) is 18.2 Å². The van der Waals surface area contributed by atoms with Crippen molar-refractivity contribution in [1.82, 2.24) is 0 Å². The summed E-state index contributed by atoms with van der Waals surface area (Å²) in [6.07, 6.45) is 1.88. The molecule has 2 atom stereocenters. The van der Waals surface area contributed by atoms with Crippen molar-refractivity contribution in [1.29, 1.82) is 0 Å². The molecule has 1 aliphatic rings. The van der Waals surface area contributed by atoms with Crippen molar-refractivity contribution >= 4 is 17.3 Å². The van der Waals surface area contributed by atoms with Crippen molar-refractivity contribution < 1.29 is 28.2 Å². The second-order valence-electron chi connectivity index (χ2n) is 6.73. The second kappa shape index (κ2) is 8.90. The Morgan fingerprint density at radius 2 is 1.83 bits per heavy atom. The van der Waals surface area contributed by atoms with Crippen molar-refractivity contribution in [2.45, 2.75) is 19.3 Å². The molecule has 1 aliphatic carbocycles. The zero-order chi connectivity index (χ0) is 21.0. The third-order valence-corrected chi connectivity index (χ3v) is 5.06. The molecular formula is C23H23FO5. The summed E-state index contributed by atoms with van der Waals surface area (Å²) >= 11 is 0. The number of esters is 1. The first kappa shape index (κ1) is 20.6. The molecule has 0 heterocycles. The van der Waals surface area contributed by atoms with E-state index in [1.165, 1.54) is 18.2 Å². The van der Waals surface area contributed by atoms with Crippen LogP contribution >= 0.6 is 0 Å². The summed E-state index contributed by atoms with van der Waals surface area (Å²) in [5, 5.41) is 0. The average Bonchev–Trinajstić information content (AvgIpc) is 2.73. The van der Waals surface area contributed by atoms with Crippen molar-refractivity contribution in [3.8, 4) is 11.5 Å². The average molecular weight is 398 g/mol. The molecule has 0 radical (unpaired) electrons. The lowest BCUT2D eigenvalue weighted by molar-refractivity contribution is -0.151. The first-order chi connectivity index (χ1) is 14.0. The Bertz CT molecular complexity index is 933. The van der Waals surface area contributed by atoms with Gasteiger partial charge in [-0.3, -0.25) is 9.59 Å². The number of ether oxygens (including phenoxy) is 3. The molecule has 3 rings (SSSR count). The van der Waals surface area contributed by atoms with Gasteiger partial charge < -0.3 is 14.2 Å². The quantitative estimate of drug-likeness (QED) is 0.540. The third kappa shape index (κ3) is 4.31. The van der Waals surface area contributed by atoms with Crippen molar-refractivity contribution in [3.63, 3.8) is 0 Å². The smallest absolute Gasteiger partial charge is 0.317 e. The number of allylic oxidation sites excluding steroid dienone is 2. The van der Waals surface area contributed by atoms with E-state index in [4.69, 9.17) is 14.2 Å². The summed E-state index contributed by atoms with van der Waals surface area (Å²) in [4.78, 5) is 25.5. The molecule has 0 N–H and O–H groups in total. The molecule has 5 nitrogen and oxygen atoms in total. The van der Waals surface area contributed by atoms with Crippen LogP contribution < -0.4 is 9.47 Å². The Hall–Kier alpha value is -3.15. The highest BCUT2D eigenvalue weighted by molar-refractivity contribution is 6.11. The van der Waals surface area contributed by atoms with Crippen molar-refractivity contribution in [2.75, 3.05) is 20.8 Å². The van der Waals surface area contributed by atoms with Crippen LogP contribution in [0.5, 0.6) is 11.5 Å². The molecule has 152 valence electrons. The van der Waals surface area contributed by atoms with Crippen molar-refractivity contribution in [3.05, 3.63) is 65.5 Å². The van der Waals surface area contributed by atoms with Crippen LogP contribution in [0.2, 0.25) is 0 Å². The van der Waals surface area contributed by atoms with Crippen molar-refractivity contribution in [2.24, 2.45) is 5.92 Å². The Kier molecular flexibility index (Phi) is 6.32. The molecule has 0 saturated heterocycles. The molecule has 0 unspecified atom stereocenters. The van der Waals surface area contributed by atoms with Crippen LogP contribution in [0, 0.1) is 11.7 Å². The summed E-state index contributed by atoms with van der Waals surface area (Å²) in [5.41, 5.74) is 2.19. The first-order valence-electron chi connectivity index (χ1n) is 9.37. The van der Waals surface area contributed by atoms with E-state index in [1.807, 2.05) is 6.07 Å². The molecule has 0 bridgehead atoms. The maximum atomic E-state index is 13.4. The molecule has 0 spiro atoms. The summed E-state index contributed by atoms with van der Waals surface area (Å²) < 4.78 is 29.3. The van der Waals surface area contributed by atoms with Crippen LogP contribution in [0.25, 0.3) is 5.57 Å². The number of halogens is 1. The molecule has 2 aromatic carbocycles. The van der Waals surface area contributed by atoms with Gasteiger partial charge in [0.2, 0.25) is 0 Å². The maximum absolute atomic E-state index is 13.4. The van der Waals surface area contributed by atoms with Crippen LogP contribution in [0.4, 0.5) is 4.39 Å². The zero-order valence-electron chi connectivity index (χ0n) is 16.6. The molecule has 0 saturated carbocycles. The lowest BCUT2D eigenvalue weighted by atomic mass is 9.73. The highest BCUT2D eigenvalue weighted by atomic mass is 19.1. The van der Waals surface area contributed by atoms with E-state index in [0.29, 0.717) is 23.5 Å². The summed E-state index contributed by atoms with van der Waals surface area (Å²) in [5.74, 6) is -1.51. The Balaban J connectivity index is 2.05. The van der Waals surface area contributed by atoms with Gasteiger partial charge in [0.05, 0.1) is 20.8 Å². The summed E-state index contributed by atoms with van der Waals surface area (Å²) in [7, 11) is 3.11. The number of carbonyl (C=O) groups is 2. The van der Waals surface area contributed by atoms with Gasteiger partial charge >= 0.3 is 5.97 Å². The number of ketones is 1. The van der Waals surface area contributed by atoms with Crippen LogP contribution in [0.3, 0.4) is 0 Å². The fraction of sp³-hybridized carbons (Fsp3) is 0.304. The molecule has 2 aromatic rings. The van der Waals surface area contributed by atoms with E-state index in [2.05, 4.69) is 0 Å². The summed E-state index contributed by atoms with van der Waals surface area (Å²) in [6.45, 7) is 1.88. The molecule has 0 fully saturated rings. The molecule has 0 aromatic heterocycles. The van der Waals surface area contributed by atoms with Gasteiger partial charge in [-0.2, -0.15) is 0 Å². The number of rotatable bonds is 6. The molecule has 0 amide bonds. The minimum absolute atomic E-state index is 0.182. The zero-order valence-corrected chi connectivity index (χ0v) is 16.6. The first-order valence-corrected chi connectivity index (χ1v) is 9.37. The van der Waals surface area contributed by atoms with Crippen LogP contribution in [0.15, 0.2) is 48.5 Å². The monoisotopic (exact) mass is 398 g/mol. The Labute approximate surface area is 169 Å². The van der Waals surface area contributed by atoms with Gasteiger partial charge in [-0.05, 0) is 54.8 Å². The molecule has 29 heavy (non-hydrogen) atoms. The van der Waals surface area contributed by atoms with Gasteiger partial charge in [-0.15, -0.1) is 0 Å². The Morgan fingerprint density at radius 1 is 1.10 bits per heavy atom. The molecule has 6 heteroatoms. The van der Waals surface area contributed by atoms with Gasteiger partial charge in [0.25, 0.3) is 0 Å². The number of methoxy groups -OCH3 is 2. The van der Waals surface area contributed by atoms with Gasteiger partial charge in [-0.1, -0.05) is 12.1 Å². The van der Waals surface area contributed by atoms with E-state index in [9.17, 15) is 14.0 Å². The normalized spacial score (nSPS) is 18.8. The van der Waals surface area contributed by atoms with Crippen LogP contribution in [0.1, 0.15) is 30.4 Å². The number of benzene rings is 2. The minimum atomic E-state index is -0.964. The highest BCUT2D eigenvalue weighted by Crippen LogP contribution is 2.43. The van der Waals surface area contributed by atoms with Crippen LogP contribution in [-0.4, -0.2) is 32.6 Å². The van der Waals surface area contributed by atoms with E-state index in [0.717, 1.165) is 11.1 Å². The minimum Gasteiger partial charge on any atom is -0.497 e. The lowest BCUT2D eigenvalue weighted by Crippen LogP contribution is -2.34. The number of hydrogen-bond acceptors (Lipinski definition) is 5. The topological polar surface area (TPSA) is 61.8 Å². The highest BCUT2D eigenvalue weighted by Gasteiger charge is 2.40. The lowest BCUT2D eigenvalue weighted by Gasteiger charge is -2.30. The van der Waals surface area contributed by atoms with E-state index >= 15 is 0 Å². The van der Waals surface area contributed by atoms with Gasteiger partial charge in [0, 0.05) is 17.5 Å². The van der Waals surface area contributed by atoms with E-state index in [1.54, 1.807) is 45.4 Å². The van der Waals surface area contributed by atoms with Gasteiger partial charge in [-0.25, -0.2) is 4.39 Å². The predicted octanol–water partition coefficient (Wildman–Crippen LogP) is 4.16. The third-order valence-electron chi connectivity index (χ3n) is 5.06. The largest absolute Gasteiger partial charge is 0.497 e.